The fourth-order valence-corrected chi connectivity index (χ4v) is 7.21. The average Bonchev–Trinajstić information content (AvgIpc) is 2.84. The molecule has 0 bridgehead atoms. The third kappa shape index (κ3) is 6.12. The van der Waals surface area contributed by atoms with E-state index in [9.17, 15) is 13.6 Å². The molecule has 3 aliphatic carbocycles. The van der Waals surface area contributed by atoms with Gasteiger partial charge in [-0.1, -0.05) is 39.0 Å². The zero-order chi connectivity index (χ0) is 24.1. The summed E-state index contributed by atoms with van der Waals surface area (Å²) in [5.74, 6) is 1.54. The van der Waals surface area contributed by atoms with E-state index in [1.807, 2.05) is 0 Å². The molecule has 0 spiro atoms. The first-order valence-corrected chi connectivity index (χ1v) is 13.7. The lowest BCUT2D eigenvalue weighted by molar-refractivity contribution is -0.140. The van der Waals surface area contributed by atoms with Crippen molar-refractivity contribution >= 4 is 5.97 Å². The summed E-state index contributed by atoms with van der Waals surface area (Å²) in [6, 6.07) is 2.03. The number of unbranched alkanes of at least 4 members (excludes halogenated alkanes) is 2. The van der Waals surface area contributed by atoms with E-state index in [-0.39, 0.29) is 17.6 Å². The van der Waals surface area contributed by atoms with E-state index in [1.165, 1.54) is 71.3 Å². The Kier molecular flexibility index (Phi) is 8.87. The van der Waals surface area contributed by atoms with Crippen LogP contribution in [0.15, 0.2) is 12.1 Å². The quantitative estimate of drug-likeness (QED) is 0.216. The first-order chi connectivity index (χ1) is 16.5. The van der Waals surface area contributed by atoms with Crippen molar-refractivity contribution < 1.29 is 23.0 Å². The van der Waals surface area contributed by atoms with Crippen LogP contribution >= 0.6 is 0 Å². The number of ether oxygens (including phenoxy) is 2. The molecule has 0 aromatic heterocycles. The van der Waals surface area contributed by atoms with Gasteiger partial charge in [0.2, 0.25) is 0 Å². The van der Waals surface area contributed by atoms with E-state index in [0.29, 0.717) is 5.92 Å². The second kappa shape index (κ2) is 11.9. The molecule has 190 valence electrons. The lowest BCUT2D eigenvalue weighted by Gasteiger charge is -2.45. The van der Waals surface area contributed by atoms with Gasteiger partial charge in [0.05, 0.1) is 13.0 Å². The SMILES string of the molecule is CCCCCC1CCC2CC(C3CCC(C(=O)Oc4cc(F)c(OC)c(F)c4)CC3)CCC2C1. The van der Waals surface area contributed by atoms with Gasteiger partial charge in [0.15, 0.2) is 17.4 Å². The molecule has 34 heavy (non-hydrogen) atoms. The fraction of sp³-hybridized carbons (Fsp3) is 0.759. The minimum atomic E-state index is -0.861. The summed E-state index contributed by atoms with van der Waals surface area (Å²) in [5.41, 5.74) is 0. The second-order valence-electron chi connectivity index (χ2n) is 11.2. The molecule has 4 rings (SSSR count). The maximum atomic E-state index is 13.9. The first kappa shape index (κ1) is 25.4. The van der Waals surface area contributed by atoms with E-state index in [4.69, 9.17) is 4.74 Å². The topological polar surface area (TPSA) is 35.5 Å². The van der Waals surface area contributed by atoms with Crippen LogP contribution in [-0.4, -0.2) is 13.1 Å². The summed E-state index contributed by atoms with van der Waals surface area (Å²) in [6.07, 6.45) is 17.8. The second-order valence-corrected chi connectivity index (χ2v) is 11.2. The molecule has 3 nitrogen and oxygen atoms in total. The lowest BCUT2D eigenvalue weighted by Crippen LogP contribution is -2.35. The Balaban J connectivity index is 1.22. The Bertz CT molecular complexity index is 795. The van der Waals surface area contributed by atoms with Gasteiger partial charge in [-0.25, -0.2) is 8.78 Å². The van der Waals surface area contributed by atoms with Crippen LogP contribution in [0.2, 0.25) is 0 Å². The maximum absolute atomic E-state index is 13.9. The monoisotopic (exact) mass is 476 g/mol. The van der Waals surface area contributed by atoms with Gasteiger partial charge in [0.1, 0.15) is 5.75 Å². The normalized spacial score (nSPS) is 31.5. The number of benzene rings is 1. The summed E-state index contributed by atoms with van der Waals surface area (Å²) in [7, 11) is 1.21. The molecule has 0 heterocycles. The highest BCUT2D eigenvalue weighted by Gasteiger charge is 2.39. The van der Waals surface area contributed by atoms with Crippen LogP contribution < -0.4 is 9.47 Å². The van der Waals surface area contributed by atoms with Crippen molar-refractivity contribution in [2.24, 2.45) is 35.5 Å². The minimum Gasteiger partial charge on any atom is -0.491 e. The number of esters is 1. The molecular formula is C29H42F2O3. The molecule has 3 saturated carbocycles. The maximum Gasteiger partial charge on any atom is 0.314 e. The van der Waals surface area contributed by atoms with Gasteiger partial charge in [-0.3, -0.25) is 4.79 Å². The van der Waals surface area contributed by atoms with Gasteiger partial charge in [0, 0.05) is 12.1 Å². The van der Waals surface area contributed by atoms with Gasteiger partial charge in [-0.05, 0) is 87.4 Å². The van der Waals surface area contributed by atoms with Crippen LogP contribution in [0.3, 0.4) is 0 Å². The van der Waals surface area contributed by atoms with Gasteiger partial charge in [0.25, 0.3) is 0 Å². The van der Waals surface area contributed by atoms with Crippen LogP contribution in [0.1, 0.15) is 96.8 Å². The molecule has 4 unspecified atom stereocenters. The first-order valence-electron chi connectivity index (χ1n) is 13.7. The zero-order valence-electron chi connectivity index (χ0n) is 21.0. The molecule has 0 N–H and O–H groups in total. The van der Waals surface area contributed by atoms with Crippen LogP contribution in [-0.2, 0) is 4.79 Å². The predicted molar refractivity (Wildman–Crippen MR) is 130 cm³/mol. The van der Waals surface area contributed by atoms with E-state index in [0.717, 1.165) is 61.5 Å². The van der Waals surface area contributed by atoms with Crippen molar-refractivity contribution in [2.45, 2.75) is 96.8 Å². The van der Waals surface area contributed by atoms with Crippen LogP contribution in [0.25, 0.3) is 0 Å². The van der Waals surface area contributed by atoms with Gasteiger partial charge in [-0.15, -0.1) is 0 Å². The van der Waals surface area contributed by atoms with E-state index < -0.39 is 17.4 Å². The largest absolute Gasteiger partial charge is 0.491 e. The van der Waals surface area contributed by atoms with Crippen molar-refractivity contribution in [3.8, 4) is 11.5 Å². The Labute approximate surface area is 204 Å². The molecule has 4 atom stereocenters. The number of fused-ring (bicyclic) bond motifs is 1. The summed E-state index contributed by atoms with van der Waals surface area (Å²) in [4.78, 5) is 12.6. The third-order valence-electron chi connectivity index (χ3n) is 9.14. The fourth-order valence-electron chi connectivity index (χ4n) is 7.21. The van der Waals surface area contributed by atoms with Crippen LogP contribution in [0.4, 0.5) is 8.78 Å². The molecule has 1 aromatic rings. The van der Waals surface area contributed by atoms with E-state index >= 15 is 0 Å². The number of methoxy groups -OCH3 is 1. The average molecular weight is 477 g/mol. The lowest BCUT2D eigenvalue weighted by atomic mass is 9.60. The Morgan fingerprint density at radius 1 is 0.853 bits per heavy atom. The van der Waals surface area contributed by atoms with Crippen LogP contribution in [0, 0.1) is 47.1 Å². The van der Waals surface area contributed by atoms with Crippen molar-refractivity contribution in [2.75, 3.05) is 7.11 Å². The number of carbonyl (C=O) groups is 1. The highest BCUT2D eigenvalue weighted by atomic mass is 19.1. The van der Waals surface area contributed by atoms with Gasteiger partial charge >= 0.3 is 5.97 Å². The highest BCUT2D eigenvalue weighted by Crippen LogP contribution is 2.49. The summed E-state index contributed by atoms with van der Waals surface area (Å²) < 4.78 is 37.9. The van der Waals surface area contributed by atoms with E-state index in [2.05, 4.69) is 11.7 Å². The Morgan fingerprint density at radius 2 is 1.44 bits per heavy atom. The molecule has 3 aliphatic rings. The minimum absolute atomic E-state index is 0.0912. The summed E-state index contributed by atoms with van der Waals surface area (Å²) in [6.45, 7) is 2.29. The molecular weight excluding hydrogens is 434 g/mol. The zero-order valence-corrected chi connectivity index (χ0v) is 21.0. The van der Waals surface area contributed by atoms with Crippen molar-refractivity contribution in [1.82, 2.24) is 0 Å². The standard InChI is InChI=1S/C29H42F2O3/c1-3-4-5-6-19-7-8-24-16-23(14-13-22(24)15-19)20-9-11-21(12-10-20)29(32)34-25-17-26(30)28(33-2)27(31)18-25/h17-24H,3-16H2,1-2H3. The van der Waals surface area contributed by atoms with Gasteiger partial charge in [-0.2, -0.15) is 0 Å². The van der Waals surface area contributed by atoms with E-state index in [1.54, 1.807) is 0 Å². The highest BCUT2D eigenvalue weighted by molar-refractivity contribution is 5.75. The number of carbonyl (C=O) groups excluding carboxylic acids is 1. The van der Waals surface area contributed by atoms with Crippen molar-refractivity contribution in [1.29, 1.82) is 0 Å². The molecule has 0 amide bonds. The number of rotatable bonds is 8. The molecule has 0 saturated heterocycles. The Morgan fingerprint density at radius 3 is 2.09 bits per heavy atom. The van der Waals surface area contributed by atoms with Crippen molar-refractivity contribution in [3.63, 3.8) is 0 Å². The summed E-state index contributed by atoms with van der Waals surface area (Å²) in [5, 5.41) is 0. The smallest absolute Gasteiger partial charge is 0.314 e. The number of hydrogen-bond acceptors (Lipinski definition) is 3. The molecule has 5 heteroatoms. The third-order valence-corrected chi connectivity index (χ3v) is 9.14. The van der Waals surface area contributed by atoms with Crippen molar-refractivity contribution in [3.05, 3.63) is 23.8 Å². The predicted octanol–water partition coefficient (Wildman–Crippen LogP) is 8.10. The molecule has 1 aromatic carbocycles. The number of hydrogen-bond donors (Lipinski definition) is 0. The Hall–Kier alpha value is -1.65. The number of halogens is 2. The molecule has 0 aliphatic heterocycles. The molecule has 0 radical (unpaired) electrons. The summed E-state index contributed by atoms with van der Waals surface area (Å²) >= 11 is 0. The molecule has 3 fully saturated rings. The van der Waals surface area contributed by atoms with Gasteiger partial charge < -0.3 is 9.47 Å². The van der Waals surface area contributed by atoms with Crippen LogP contribution in [0.5, 0.6) is 11.5 Å².